The van der Waals surface area contributed by atoms with Crippen LogP contribution in [0.5, 0.6) is 0 Å². The highest BCUT2D eigenvalue weighted by Crippen LogP contribution is 2.19. The summed E-state index contributed by atoms with van der Waals surface area (Å²) in [7, 11) is 0. The van der Waals surface area contributed by atoms with Crippen molar-refractivity contribution >= 4 is 35.2 Å². The van der Waals surface area contributed by atoms with Gasteiger partial charge in [0.05, 0.1) is 5.56 Å². The maximum Gasteiger partial charge on any atom is 0.341 e. The molecule has 0 saturated heterocycles. The molecule has 1 unspecified atom stereocenters. The molecule has 0 fully saturated rings. The Morgan fingerprint density at radius 2 is 2.00 bits per heavy atom. The van der Waals surface area contributed by atoms with Crippen LogP contribution in [0.1, 0.15) is 17.3 Å². The molecule has 1 rings (SSSR count). The van der Waals surface area contributed by atoms with Gasteiger partial charge in [0.15, 0.2) is 6.10 Å². The zero-order valence-electron chi connectivity index (χ0n) is 9.98. The number of ether oxygens (including phenoxy) is 1. The van der Waals surface area contributed by atoms with Gasteiger partial charge in [0, 0.05) is 10.7 Å². The van der Waals surface area contributed by atoms with Crippen LogP contribution in [-0.4, -0.2) is 24.0 Å². The average Bonchev–Trinajstić information content (AvgIpc) is 2.31. The van der Waals surface area contributed by atoms with Gasteiger partial charge in [-0.15, -0.1) is 0 Å². The Morgan fingerprint density at radius 1 is 1.37 bits per heavy atom. The van der Waals surface area contributed by atoms with Crippen molar-refractivity contribution in [2.45, 2.75) is 13.0 Å². The van der Waals surface area contributed by atoms with Crippen molar-refractivity contribution in [3.05, 3.63) is 28.8 Å². The first-order valence-corrected chi connectivity index (χ1v) is 5.55. The lowest BCUT2D eigenvalue weighted by atomic mass is 10.2. The summed E-state index contributed by atoms with van der Waals surface area (Å²) in [4.78, 5) is 33.6. The van der Waals surface area contributed by atoms with E-state index in [0.717, 1.165) is 0 Å². The minimum Gasteiger partial charge on any atom is -0.449 e. The third-order valence-electron chi connectivity index (χ3n) is 2.13. The quantitative estimate of drug-likeness (QED) is 0.556. The van der Waals surface area contributed by atoms with E-state index in [1.807, 2.05) is 0 Å². The molecule has 7 nitrogen and oxygen atoms in total. The molecule has 0 aromatic heterocycles. The van der Waals surface area contributed by atoms with E-state index in [0.29, 0.717) is 5.02 Å². The Balaban J connectivity index is 2.77. The number of rotatable bonds is 3. The van der Waals surface area contributed by atoms with E-state index in [9.17, 15) is 14.4 Å². The Bertz CT molecular complexity index is 533. The highest BCUT2D eigenvalue weighted by atomic mass is 35.5. The maximum absolute atomic E-state index is 11.8. The summed E-state index contributed by atoms with van der Waals surface area (Å²) in [5.41, 5.74) is 10.6. The van der Waals surface area contributed by atoms with Gasteiger partial charge in [0.2, 0.25) is 0 Å². The number of amides is 3. The van der Waals surface area contributed by atoms with Gasteiger partial charge in [-0.3, -0.25) is 10.1 Å². The van der Waals surface area contributed by atoms with Gasteiger partial charge in [-0.1, -0.05) is 11.6 Å². The molecule has 1 atom stereocenters. The topological polar surface area (TPSA) is 125 Å². The van der Waals surface area contributed by atoms with Crippen LogP contribution in [0.4, 0.5) is 10.5 Å². The van der Waals surface area contributed by atoms with Crippen molar-refractivity contribution in [3.8, 4) is 0 Å². The minimum atomic E-state index is -1.20. The van der Waals surface area contributed by atoms with E-state index in [1.165, 1.54) is 25.1 Å². The Morgan fingerprint density at radius 3 is 2.58 bits per heavy atom. The number of carbonyl (C=O) groups excluding carboxylic acids is 3. The summed E-state index contributed by atoms with van der Waals surface area (Å²) >= 11 is 5.73. The molecule has 102 valence electrons. The number of nitrogens with two attached hydrogens (primary N) is 2. The molecule has 0 aliphatic carbocycles. The van der Waals surface area contributed by atoms with Crippen LogP contribution in [-0.2, 0) is 9.53 Å². The molecule has 0 aliphatic heterocycles. The number of hydrogen-bond donors (Lipinski definition) is 3. The second-order valence-corrected chi connectivity index (χ2v) is 4.07. The molecule has 3 amide bonds. The van der Waals surface area contributed by atoms with Gasteiger partial charge in [0.1, 0.15) is 0 Å². The molecule has 0 heterocycles. The molecule has 1 aromatic carbocycles. The number of nitrogen functional groups attached to an aromatic ring is 1. The van der Waals surface area contributed by atoms with Crippen LogP contribution in [0.25, 0.3) is 0 Å². The fourth-order valence-corrected chi connectivity index (χ4v) is 1.38. The lowest BCUT2D eigenvalue weighted by Crippen LogP contribution is -2.42. The Kier molecular flexibility index (Phi) is 4.71. The summed E-state index contributed by atoms with van der Waals surface area (Å²) in [6.45, 7) is 1.29. The van der Waals surface area contributed by atoms with Crippen molar-refractivity contribution in [1.82, 2.24) is 5.32 Å². The van der Waals surface area contributed by atoms with Crippen LogP contribution in [0, 0.1) is 0 Å². The molecular formula is C11H12ClN3O4. The van der Waals surface area contributed by atoms with E-state index in [4.69, 9.17) is 27.8 Å². The molecule has 0 radical (unpaired) electrons. The highest BCUT2D eigenvalue weighted by molar-refractivity contribution is 6.31. The summed E-state index contributed by atoms with van der Waals surface area (Å²) in [5, 5.41) is 2.09. The third kappa shape index (κ3) is 4.14. The molecule has 8 heteroatoms. The van der Waals surface area contributed by atoms with Gasteiger partial charge < -0.3 is 16.2 Å². The van der Waals surface area contributed by atoms with Crippen molar-refractivity contribution in [2.24, 2.45) is 5.73 Å². The number of imide groups is 1. The Hall–Kier alpha value is -2.28. The SMILES string of the molecule is CC(OC(=O)c1cc(Cl)ccc1N)C(=O)NC(N)=O. The monoisotopic (exact) mass is 285 g/mol. The number of primary amides is 1. The van der Waals surface area contributed by atoms with Crippen molar-refractivity contribution in [3.63, 3.8) is 0 Å². The van der Waals surface area contributed by atoms with Gasteiger partial charge >= 0.3 is 12.0 Å². The molecular weight excluding hydrogens is 274 g/mol. The van der Waals surface area contributed by atoms with Crippen LogP contribution in [0.3, 0.4) is 0 Å². The second-order valence-electron chi connectivity index (χ2n) is 3.63. The molecule has 5 N–H and O–H groups in total. The van der Waals surface area contributed by atoms with E-state index >= 15 is 0 Å². The standard InChI is InChI=1S/C11H12ClN3O4/c1-5(9(16)15-11(14)18)19-10(17)7-4-6(12)2-3-8(7)13/h2-5H,13H2,1H3,(H3,14,15,16,18). The lowest BCUT2D eigenvalue weighted by Gasteiger charge is -2.13. The van der Waals surface area contributed by atoms with Crippen LogP contribution < -0.4 is 16.8 Å². The molecule has 0 spiro atoms. The molecule has 0 saturated carbocycles. The minimum absolute atomic E-state index is 0.0335. The number of halogens is 1. The second kappa shape index (κ2) is 6.05. The molecule has 0 bridgehead atoms. The summed E-state index contributed by atoms with van der Waals surface area (Å²) in [6, 6.07) is 3.23. The zero-order valence-corrected chi connectivity index (χ0v) is 10.7. The average molecular weight is 286 g/mol. The van der Waals surface area contributed by atoms with E-state index < -0.39 is 24.0 Å². The van der Waals surface area contributed by atoms with Gasteiger partial charge in [-0.2, -0.15) is 0 Å². The zero-order chi connectivity index (χ0) is 14.6. The van der Waals surface area contributed by atoms with E-state index in [1.54, 1.807) is 5.32 Å². The summed E-state index contributed by atoms with van der Waals surface area (Å²) in [6.07, 6.45) is -1.20. The smallest absolute Gasteiger partial charge is 0.341 e. The first kappa shape index (κ1) is 14.8. The Labute approximate surface area is 113 Å². The first-order chi connectivity index (χ1) is 8.81. The number of hydrogen-bond acceptors (Lipinski definition) is 5. The number of urea groups is 1. The van der Waals surface area contributed by atoms with Crippen LogP contribution >= 0.6 is 11.6 Å². The van der Waals surface area contributed by atoms with Gasteiger partial charge in [0.25, 0.3) is 5.91 Å². The highest BCUT2D eigenvalue weighted by Gasteiger charge is 2.21. The third-order valence-corrected chi connectivity index (χ3v) is 2.37. The summed E-state index contributed by atoms with van der Waals surface area (Å²) < 4.78 is 4.84. The molecule has 1 aromatic rings. The normalized spacial score (nSPS) is 11.5. The predicted molar refractivity (Wildman–Crippen MR) is 68.5 cm³/mol. The fourth-order valence-electron chi connectivity index (χ4n) is 1.21. The predicted octanol–water partition coefficient (Wildman–Crippen LogP) is 0.662. The number of nitrogens with one attached hydrogen (secondary N) is 1. The van der Waals surface area contributed by atoms with Crippen LogP contribution in [0.15, 0.2) is 18.2 Å². The van der Waals surface area contributed by atoms with Gasteiger partial charge in [-0.25, -0.2) is 9.59 Å². The maximum atomic E-state index is 11.8. The van der Waals surface area contributed by atoms with E-state index in [-0.39, 0.29) is 11.3 Å². The number of esters is 1. The number of anilines is 1. The summed E-state index contributed by atoms with van der Waals surface area (Å²) in [5.74, 6) is -1.66. The van der Waals surface area contributed by atoms with Crippen molar-refractivity contribution in [1.29, 1.82) is 0 Å². The van der Waals surface area contributed by atoms with Crippen molar-refractivity contribution in [2.75, 3.05) is 5.73 Å². The first-order valence-electron chi connectivity index (χ1n) is 5.17. The fraction of sp³-hybridized carbons (Fsp3) is 0.182. The largest absolute Gasteiger partial charge is 0.449 e. The number of benzene rings is 1. The molecule has 0 aliphatic rings. The van der Waals surface area contributed by atoms with Crippen LogP contribution in [0.2, 0.25) is 5.02 Å². The lowest BCUT2D eigenvalue weighted by molar-refractivity contribution is -0.127. The molecule has 19 heavy (non-hydrogen) atoms. The number of carbonyl (C=O) groups is 3. The van der Waals surface area contributed by atoms with E-state index in [2.05, 4.69) is 0 Å². The van der Waals surface area contributed by atoms with Gasteiger partial charge in [-0.05, 0) is 25.1 Å². The van der Waals surface area contributed by atoms with Crippen molar-refractivity contribution < 1.29 is 19.1 Å².